The fourth-order valence-corrected chi connectivity index (χ4v) is 2.95. The van der Waals surface area contributed by atoms with E-state index >= 15 is 0 Å². The van der Waals surface area contributed by atoms with Crippen molar-refractivity contribution in [1.29, 1.82) is 0 Å². The summed E-state index contributed by atoms with van der Waals surface area (Å²) in [6.07, 6.45) is 4.02. The first-order chi connectivity index (χ1) is 13.0. The van der Waals surface area contributed by atoms with Gasteiger partial charge in [-0.3, -0.25) is 10.6 Å². The minimum atomic E-state index is -1.20. The molecule has 27 heavy (non-hydrogen) atoms. The number of alkyl carbamates (subject to hydrolysis) is 3. The summed E-state index contributed by atoms with van der Waals surface area (Å²) in [7, 11) is 1.24. The van der Waals surface area contributed by atoms with Crippen LogP contribution in [-0.4, -0.2) is 50.3 Å². The van der Waals surface area contributed by atoms with Gasteiger partial charge in [0.15, 0.2) is 0 Å². The number of unbranched alkanes of at least 4 members (excludes halogenated alkanes) is 2. The van der Waals surface area contributed by atoms with Gasteiger partial charge in [0.2, 0.25) is 0 Å². The Hall–Kier alpha value is -2.19. The average Bonchev–Trinajstić information content (AvgIpc) is 2.64. The highest BCUT2D eigenvalue weighted by Crippen LogP contribution is 2.27. The molecule has 3 N–H and O–H groups in total. The molecule has 1 aliphatic carbocycles. The van der Waals surface area contributed by atoms with Crippen molar-refractivity contribution in [2.75, 3.05) is 20.3 Å². The van der Waals surface area contributed by atoms with Gasteiger partial charge in [0.05, 0.1) is 26.4 Å². The molecule has 156 valence electrons. The van der Waals surface area contributed by atoms with Crippen LogP contribution >= 0.6 is 0 Å². The molecule has 0 radical (unpaired) electrons. The number of rotatable bonds is 9. The highest BCUT2D eigenvalue weighted by atomic mass is 16.6. The summed E-state index contributed by atoms with van der Waals surface area (Å²) in [5.74, 6) is 0. The predicted octanol–water partition coefficient (Wildman–Crippen LogP) is 3.03. The van der Waals surface area contributed by atoms with Crippen LogP contribution in [0.1, 0.15) is 65.2 Å². The first-order valence-electron chi connectivity index (χ1n) is 9.71. The zero-order chi connectivity index (χ0) is 20.1. The number of amides is 3. The molecular weight excluding hydrogens is 354 g/mol. The standard InChI is InChI=1S/C18H33N3O6/c1-4-6-12-26-15(22)19-14-10-8-9-11-18(14,20-16(23)25-3)21-17(24)27-13-7-5-2/h14H,4-13H2,1-3H3,(H,19,22)(H,20,23)(H,21,24). The summed E-state index contributed by atoms with van der Waals surface area (Å²) in [5.41, 5.74) is -1.20. The van der Waals surface area contributed by atoms with Crippen LogP contribution in [0.4, 0.5) is 14.4 Å². The molecule has 3 amide bonds. The predicted molar refractivity (Wildman–Crippen MR) is 99.3 cm³/mol. The smallest absolute Gasteiger partial charge is 0.409 e. The van der Waals surface area contributed by atoms with Crippen molar-refractivity contribution in [3.05, 3.63) is 0 Å². The zero-order valence-corrected chi connectivity index (χ0v) is 16.6. The summed E-state index contributed by atoms with van der Waals surface area (Å²) in [6.45, 7) is 4.60. The number of hydrogen-bond acceptors (Lipinski definition) is 6. The van der Waals surface area contributed by atoms with E-state index in [1.54, 1.807) is 0 Å². The summed E-state index contributed by atoms with van der Waals surface area (Å²) in [4.78, 5) is 36.2. The molecular formula is C18H33N3O6. The summed E-state index contributed by atoms with van der Waals surface area (Å²) in [5, 5.41) is 8.19. The van der Waals surface area contributed by atoms with Gasteiger partial charge in [-0.15, -0.1) is 0 Å². The summed E-state index contributed by atoms with van der Waals surface area (Å²) < 4.78 is 15.0. The maximum atomic E-state index is 12.2. The number of ether oxygens (including phenoxy) is 3. The maximum Gasteiger partial charge on any atom is 0.409 e. The summed E-state index contributed by atoms with van der Waals surface area (Å²) in [6, 6.07) is -0.543. The third-order valence-electron chi connectivity index (χ3n) is 4.50. The van der Waals surface area contributed by atoms with E-state index in [1.165, 1.54) is 7.11 Å². The molecule has 1 saturated carbocycles. The van der Waals surface area contributed by atoms with E-state index in [4.69, 9.17) is 14.2 Å². The second-order valence-electron chi connectivity index (χ2n) is 6.63. The van der Waals surface area contributed by atoms with Gasteiger partial charge in [0.1, 0.15) is 5.66 Å². The lowest BCUT2D eigenvalue weighted by atomic mass is 9.84. The maximum absolute atomic E-state index is 12.2. The van der Waals surface area contributed by atoms with Crippen molar-refractivity contribution in [1.82, 2.24) is 16.0 Å². The molecule has 0 aliphatic heterocycles. The van der Waals surface area contributed by atoms with Gasteiger partial charge in [-0.2, -0.15) is 0 Å². The molecule has 0 saturated heterocycles. The molecule has 2 unspecified atom stereocenters. The molecule has 0 bridgehead atoms. The zero-order valence-electron chi connectivity index (χ0n) is 16.6. The Kier molecular flexibility index (Phi) is 10.4. The Morgan fingerprint density at radius 3 is 2.11 bits per heavy atom. The van der Waals surface area contributed by atoms with Gasteiger partial charge in [0.25, 0.3) is 0 Å². The first-order valence-corrected chi connectivity index (χ1v) is 9.71. The highest BCUT2D eigenvalue weighted by Gasteiger charge is 2.45. The Balaban J connectivity index is 2.85. The molecule has 9 nitrogen and oxygen atoms in total. The molecule has 2 atom stereocenters. The lowest BCUT2D eigenvalue weighted by Crippen LogP contribution is -2.72. The van der Waals surface area contributed by atoms with Crippen molar-refractivity contribution in [3.63, 3.8) is 0 Å². The molecule has 0 spiro atoms. The third kappa shape index (κ3) is 7.92. The third-order valence-corrected chi connectivity index (χ3v) is 4.50. The van der Waals surface area contributed by atoms with Crippen LogP contribution in [-0.2, 0) is 14.2 Å². The van der Waals surface area contributed by atoms with Crippen molar-refractivity contribution < 1.29 is 28.6 Å². The second-order valence-corrected chi connectivity index (χ2v) is 6.63. The molecule has 1 fully saturated rings. The second kappa shape index (κ2) is 12.2. The molecule has 0 heterocycles. The Bertz CT molecular complexity index is 488. The van der Waals surface area contributed by atoms with Crippen LogP contribution in [0.5, 0.6) is 0 Å². The van der Waals surface area contributed by atoms with E-state index in [0.29, 0.717) is 19.4 Å². The van der Waals surface area contributed by atoms with Gasteiger partial charge in [0, 0.05) is 0 Å². The van der Waals surface area contributed by atoms with E-state index < -0.39 is 30.0 Å². The Morgan fingerprint density at radius 1 is 0.926 bits per heavy atom. The largest absolute Gasteiger partial charge is 0.453 e. The monoisotopic (exact) mass is 387 g/mol. The lowest BCUT2D eigenvalue weighted by Gasteiger charge is -2.44. The van der Waals surface area contributed by atoms with E-state index in [1.807, 2.05) is 13.8 Å². The van der Waals surface area contributed by atoms with Crippen molar-refractivity contribution >= 4 is 18.3 Å². The van der Waals surface area contributed by atoms with Crippen LogP contribution in [0.3, 0.4) is 0 Å². The first kappa shape index (κ1) is 22.9. The molecule has 0 aromatic carbocycles. The topological polar surface area (TPSA) is 115 Å². The Labute approximate surface area is 160 Å². The van der Waals surface area contributed by atoms with Gasteiger partial charge in [-0.05, 0) is 32.1 Å². The van der Waals surface area contributed by atoms with Crippen molar-refractivity contribution in [3.8, 4) is 0 Å². The SMILES string of the molecule is CCCCOC(=O)NC1CCCCC1(NC(=O)OC)NC(=O)OCCCC. The van der Waals surface area contributed by atoms with Crippen LogP contribution < -0.4 is 16.0 Å². The molecule has 0 aromatic rings. The average molecular weight is 387 g/mol. The normalized spacial score (nSPS) is 21.7. The highest BCUT2D eigenvalue weighted by molar-refractivity contribution is 5.73. The van der Waals surface area contributed by atoms with Crippen LogP contribution in [0.2, 0.25) is 0 Å². The van der Waals surface area contributed by atoms with E-state index in [2.05, 4.69) is 16.0 Å². The number of carbonyl (C=O) groups excluding carboxylic acids is 3. The fourth-order valence-electron chi connectivity index (χ4n) is 2.95. The quantitative estimate of drug-likeness (QED) is 0.318. The van der Waals surface area contributed by atoms with Crippen LogP contribution in [0.15, 0.2) is 0 Å². The molecule has 0 aromatic heterocycles. The number of nitrogens with one attached hydrogen (secondary N) is 3. The minimum absolute atomic E-state index is 0.286. The van der Waals surface area contributed by atoms with Gasteiger partial charge in [-0.1, -0.05) is 33.1 Å². The minimum Gasteiger partial charge on any atom is -0.453 e. The van der Waals surface area contributed by atoms with E-state index in [9.17, 15) is 14.4 Å². The number of carbonyl (C=O) groups is 3. The lowest BCUT2D eigenvalue weighted by molar-refractivity contribution is 0.0772. The van der Waals surface area contributed by atoms with Gasteiger partial charge < -0.3 is 19.5 Å². The molecule has 1 aliphatic rings. The molecule has 1 rings (SSSR count). The molecule has 9 heteroatoms. The number of hydrogen-bond donors (Lipinski definition) is 3. The van der Waals surface area contributed by atoms with E-state index in [0.717, 1.165) is 38.5 Å². The van der Waals surface area contributed by atoms with Crippen molar-refractivity contribution in [2.24, 2.45) is 0 Å². The Morgan fingerprint density at radius 2 is 1.52 bits per heavy atom. The van der Waals surface area contributed by atoms with Crippen LogP contribution in [0.25, 0.3) is 0 Å². The van der Waals surface area contributed by atoms with Crippen LogP contribution in [0, 0.1) is 0 Å². The van der Waals surface area contributed by atoms with Crippen molar-refractivity contribution in [2.45, 2.75) is 76.9 Å². The van der Waals surface area contributed by atoms with E-state index in [-0.39, 0.29) is 6.61 Å². The van der Waals surface area contributed by atoms with Gasteiger partial charge >= 0.3 is 18.3 Å². The fraction of sp³-hybridized carbons (Fsp3) is 0.833. The summed E-state index contributed by atoms with van der Waals surface area (Å²) >= 11 is 0. The van der Waals surface area contributed by atoms with Gasteiger partial charge in [-0.25, -0.2) is 14.4 Å². The number of methoxy groups -OCH3 is 1.